The molecule has 1 heterocycles. The number of para-hydroxylation sites is 1. The predicted molar refractivity (Wildman–Crippen MR) is 48.8 cm³/mol. The Morgan fingerprint density at radius 3 is 2.86 bits per heavy atom. The van der Waals surface area contributed by atoms with Gasteiger partial charge in [0.15, 0.2) is 6.10 Å². The largest absolute Gasteiger partial charge is 0.479 e. The third kappa shape index (κ3) is 1.25. The van der Waals surface area contributed by atoms with Crippen LogP contribution in [0.15, 0.2) is 34.9 Å². The standard InChI is InChI=1S/C10H8O4/c11-8(10(12)13)7-3-1-2-6-4-5-14-9(6)7/h1-5,8,11H,(H,12,13). The first-order valence-corrected chi connectivity index (χ1v) is 4.07. The molecule has 1 aromatic heterocycles. The average molecular weight is 192 g/mol. The molecule has 0 spiro atoms. The van der Waals surface area contributed by atoms with Crippen LogP contribution in [0.25, 0.3) is 11.0 Å². The quantitative estimate of drug-likeness (QED) is 0.757. The molecule has 1 aromatic carbocycles. The summed E-state index contributed by atoms with van der Waals surface area (Å²) in [5.74, 6) is -1.28. The highest BCUT2D eigenvalue weighted by atomic mass is 16.4. The number of rotatable bonds is 2. The fraction of sp³-hybridized carbons (Fsp3) is 0.100. The van der Waals surface area contributed by atoms with Gasteiger partial charge in [-0.1, -0.05) is 18.2 Å². The molecule has 0 radical (unpaired) electrons. The Morgan fingerprint density at radius 1 is 1.36 bits per heavy atom. The number of carboxylic acids is 1. The second-order valence-corrected chi connectivity index (χ2v) is 2.93. The molecular formula is C10H8O4. The topological polar surface area (TPSA) is 70.7 Å². The van der Waals surface area contributed by atoms with Crippen molar-refractivity contribution in [1.82, 2.24) is 0 Å². The molecule has 2 N–H and O–H groups in total. The third-order valence-corrected chi connectivity index (χ3v) is 2.04. The van der Waals surface area contributed by atoms with E-state index in [-0.39, 0.29) is 5.56 Å². The van der Waals surface area contributed by atoms with E-state index in [1.165, 1.54) is 12.3 Å². The molecule has 0 bridgehead atoms. The summed E-state index contributed by atoms with van der Waals surface area (Å²) < 4.78 is 5.10. The van der Waals surface area contributed by atoms with E-state index < -0.39 is 12.1 Å². The minimum Gasteiger partial charge on any atom is -0.479 e. The first kappa shape index (κ1) is 8.77. The van der Waals surface area contributed by atoms with Crippen LogP contribution in [0.4, 0.5) is 0 Å². The van der Waals surface area contributed by atoms with Crippen molar-refractivity contribution in [1.29, 1.82) is 0 Å². The van der Waals surface area contributed by atoms with Crippen molar-refractivity contribution in [2.75, 3.05) is 0 Å². The van der Waals surface area contributed by atoms with Crippen LogP contribution in [0.1, 0.15) is 11.7 Å². The van der Waals surface area contributed by atoms with Gasteiger partial charge in [-0.15, -0.1) is 0 Å². The highest BCUT2D eigenvalue weighted by Crippen LogP contribution is 2.25. The van der Waals surface area contributed by atoms with Crippen molar-refractivity contribution in [2.24, 2.45) is 0 Å². The van der Waals surface area contributed by atoms with E-state index in [0.717, 1.165) is 5.39 Å². The summed E-state index contributed by atoms with van der Waals surface area (Å²) in [6.07, 6.45) is -0.0761. The number of hydrogen-bond donors (Lipinski definition) is 2. The number of aliphatic carboxylic acids is 1. The number of fused-ring (bicyclic) bond motifs is 1. The van der Waals surface area contributed by atoms with Crippen LogP contribution >= 0.6 is 0 Å². The van der Waals surface area contributed by atoms with E-state index in [2.05, 4.69) is 0 Å². The van der Waals surface area contributed by atoms with Gasteiger partial charge in [-0.05, 0) is 6.07 Å². The molecule has 1 atom stereocenters. The molecule has 0 fully saturated rings. The number of aliphatic hydroxyl groups excluding tert-OH is 1. The van der Waals surface area contributed by atoms with Gasteiger partial charge in [0.25, 0.3) is 0 Å². The number of furan rings is 1. The van der Waals surface area contributed by atoms with E-state index in [1.54, 1.807) is 18.2 Å². The van der Waals surface area contributed by atoms with Crippen LogP contribution in [-0.2, 0) is 4.79 Å². The zero-order valence-electron chi connectivity index (χ0n) is 7.18. The smallest absolute Gasteiger partial charge is 0.337 e. The molecule has 0 aliphatic carbocycles. The molecule has 0 saturated carbocycles. The van der Waals surface area contributed by atoms with Crippen LogP contribution < -0.4 is 0 Å². The maximum atomic E-state index is 10.6. The zero-order chi connectivity index (χ0) is 10.1. The first-order valence-electron chi connectivity index (χ1n) is 4.07. The maximum Gasteiger partial charge on any atom is 0.337 e. The summed E-state index contributed by atoms with van der Waals surface area (Å²) in [4.78, 5) is 10.6. The number of aliphatic hydroxyl groups is 1. The molecule has 14 heavy (non-hydrogen) atoms. The molecule has 0 aliphatic rings. The van der Waals surface area contributed by atoms with E-state index in [1.807, 2.05) is 0 Å². The summed E-state index contributed by atoms with van der Waals surface area (Å²) in [6, 6.07) is 6.72. The van der Waals surface area contributed by atoms with Gasteiger partial charge in [-0.3, -0.25) is 0 Å². The molecule has 2 rings (SSSR count). The van der Waals surface area contributed by atoms with Gasteiger partial charge in [-0.2, -0.15) is 0 Å². The number of carbonyl (C=O) groups is 1. The van der Waals surface area contributed by atoms with Gasteiger partial charge in [0.2, 0.25) is 0 Å². The highest BCUT2D eigenvalue weighted by molar-refractivity contribution is 5.85. The number of hydrogen-bond acceptors (Lipinski definition) is 3. The van der Waals surface area contributed by atoms with Crippen LogP contribution in [-0.4, -0.2) is 16.2 Å². The Bertz CT molecular complexity index is 472. The lowest BCUT2D eigenvalue weighted by Crippen LogP contribution is -2.10. The Balaban J connectivity index is 2.61. The fourth-order valence-electron chi connectivity index (χ4n) is 1.36. The molecule has 0 aliphatic heterocycles. The lowest BCUT2D eigenvalue weighted by Gasteiger charge is -2.05. The van der Waals surface area contributed by atoms with Gasteiger partial charge >= 0.3 is 5.97 Å². The maximum absolute atomic E-state index is 10.6. The lowest BCUT2D eigenvalue weighted by atomic mass is 10.1. The Morgan fingerprint density at radius 2 is 2.14 bits per heavy atom. The highest BCUT2D eigenvalue weighted by Gasteiger charge is 2.19. The predicted octanol–water partition coefficient (Wildman–Crippen LogP) is 1.55. The summed E-state index contributed by atoms with van der Waals surface area (Å²) in [5, 5.41) is 18.8. The molecule has 72 valence electrons. The molecule has 4 heteroatoms. The van der Waals surface area contributed by atoms with E-state index in [9.17, 15) is 9.90 Å². The van der Waals surface area contributed by atoms with Gasteiger partial charge in [0, 0.05) is 10.9 Å². The molecule has 0 amide bonds. The number of benzene rings is 1. The molecule has 2 aromatic rings. The molecule has 4 nitrogen and oxygen atoms in total. The Labute approximate surface area is 79.4 Å². The summed E-state index contributed by atoms with van der Waals surface area (Å²) in [6.45, 7) is 0. The fourth-order valence-corrected chi connectivity index (χ4v) is 1.36. The zero-order valence-corrected chi connectivity index (χ0v) is 7.18. The lowest BCUT2D eigenvalue weighted by molar-refractivity contribution is -0.146. The van der Waals surface area contributed by atoms with Gasteiger partial charge in [-0.25, -0.2) is 4.79 Å². The first-order chi connectivity index (χ1) is 6.70. The van der Waals surface area contributed by atoms with Crippen molar-refractivity contribution in [3.05, 3.63) is 36.1 Å². The van der Waals surface area contributed by atoms with Crippen LogP contribution in [0.5, 0.6) is 0 Å². The van der Waals surface area contributed by atoms with E-state index >= 15 is 0 Å². The second kappa shape index (κ2) is 3.16. The minimum atomic E-state index is -1.54. The third-order valence-electron chi connectivity index (χ3n) is 2.04. The van der Waals surface area contributed by atoms with Crippen molar-refractivity contribution in [3.63, 3.8) is 0 Å². The summed E-state index contributed by atoms with van der Waals surface area (Å²) in [5.41, 5.74) is 0.697. The van der Waals surface area contributed by atoms with Crippen LogP contribution in [0.2, 0.25) is 0 Å². The van der Waals surface area contributed by atoms with Crippen molar-refractivity contribution in [2.45, 2.75) is 6.10 Å². The minimum absolute atomic E-state index is 0.278. The molecule has 0 saturated heterocycles. The average Bonchev–Trinajstić information content (AvgIpc) is 2.63. The second-order valence-electron chi connectivity index (χ2n) is 2.93. The summed E-state index contributed by atoms with van der Waals surface area (Å²) >= 11 is 0. The summed E-state index contributed by atoms with van der Waals surface area (Å²) in [7, 11) is 0. The van der Waals surface area contributed by atoms with E-state index in [4.69, 9.17) is 9.52 Å². The number of carboxylic acid groups (broad SMARTS) is 1. The van der Waals surface area contributed by atoms with Crippen molar-refractivity contribution in [3.8, 4) is 0 Å². The van der Waals surface area contributed by atoms with E-state index in [0.29, 0.717) is 5.58 Å². The monoisotopic (exact) mass is 192 g/mol. The normalized spacial score (nSPS) is 12.9. The van der Waals surface area contributed by atoms with Gasteiger partial charge < -0.3 is 14.6 Å². The molecular weight excluding hydrogens is 184 g/mol. The van der Waals surface area contributed by atoms with Gasteiger partial charge in [0.05, 0.1) is 6.26 Å². The Hall–Kier alpha value is -1.81. The van der Waals surface area contributed by atoms with Crippen molar-refractivity contribution < 1.29 is 19.4 Å². The van der Waals surface area contributed by atoms with Crippen LogP contribution in [0.3, 0.4) is 0 Å². The Kier molecular flexibility index (Phi) is 1.98. The SMILES string of the molecule is O=C(O)C(O)c1cccc2ccoc12. The van der Waals surface area contributed by atoms with Crippen LogP contribution in [0, 0.1) is 0 Å². The van der Waals surface area contributed by atoms with Crippen molar-refractivity contribution >= 4 is 16.9 Å². The molecule has 1 unspecified atom stereocenters. The van der Waals surface area contributed by atoms with Gasteiger partial charge in [0.1, 0.15) is 5.58 Å².